The first-order valence-corrected chi connectivity index (χ1v) is 10.9. The number of aliphatic carboxylic acids is 2. The number of carbonyl (C=O) groups excluding carboxylic acids is 1. The van der Waals surface area contributed by atoms with E-state index in [0.717, 1.165) is 41.7 Å². The fraction of sp³-hybridized carbons (Fsp3) is 0.286. The van der Waals surface area contributed by atoms with Gasteiger partial charge in [0.2, 0.25) is 0 Å². The molecule has 1 amide bonds. The normalized spacial score (nSPS) is 13.7. The molecule has 31 heavy (non-hydrogen) atoms. The van der Waals surface area contributed by atoms with Crippen LogP contribution >= 0.6 is 31.9 Å². The zero-order valence-electron chi connectivity index (χ0n) is 16.5. The average molecular weight is 558 g/mol. The average Bonchev–Trinajstić information content (AvgIpc) is 2.75. The minimum absolute atomic E-state index is 0.0449. The van der Waals surface area contributed by atoms with Gasteiger partial charge in [0.05, 0.1) is 0 Å². The molecule has 0 aliphatic carbocycles. The standard InChI is InChI=1S/C19H20Br2N2O2.C2H2O4/c20-16-5-7-17(8-6-16)25-14-19(24)23-11-9-22(10-12-23)13-15-3-1-2-4-18(15)21;3-1(4)2(5)6/h1-8H,9-14H2;(H,3,4)(H,5,6). The Morgan fingerprint density at radius 1 is 0.871 bits per heavy atom. The van der Waals surface area contributed by atoms with Gasteiger partial charge in [-0.2, -0.15) is 0 Å². The van der Waals surface area contributed by atoms with E-state index in [4.69, 9.17) is 24.5 Å². The zero-order valence-corrected chi connectivity index (χ0v) is 19.7. The van der Waals surface area contributed by atoms with E-state index in [2.05, 4.69) is 55.0 Å². The van der Waals surface area contributed by atoms with Gasteiger partial charge >= 0.3 is 11.9 Å². The number of nitrogens with zero attached hydrogens (tertiary/aromatic N) is 2. The summed E-state index contributed by atoms with van der Waals surface area (Å²) in [6, 6.07) is 15.8. The summed E-state index contributed by atoms with van der Waals surface area (Å²) in [5.74, 6) is -2.89. The van der Waals surface area contributed by atoms with Gasteiger partial charge in [0.25, 0.3) is 5.91 Å². The molecule has 0 atom stereocenters. The molecule has 0 saturated carbocycles. The number of carboxylic acid groups (broad SMARTS) is 2. The molecule has 8 nitrogen and oxygen atoms in total. The van der Waals surface area contributed by atoms with Gasteiger partial charge < -0.3 is 19.8 Å². The first-order chi connectivity index (χ1) is 14.8. The first kappa shape index (κ1) is 24.8. The molecule has 0 radical (unpaired) electrons. The highest BCUT2D eigenvalue weighted by Crippen LogP contribution is 2.19. The van der Waals surface area contributed by atoms with E-state index in [0.29, 0.717) is 5.75 Å². The summed E-state index contributed by atoms with van der Waals surface area (Å²) in [6.45, 7) is 4.24. The lowest BCUT2D eigenvalue weighted by atomic mass is 10.2. The molecule has 0 bridgehead atoms. The third-order valence-corrected chi connectivity index (χ3v) is 5.74. The summed E-state index contributed by atoms with van der Waals surface area (Å²) >= 11 is 6.98. The van der Waals surface area contributed by atoms with Crippen LogP contribution in [-0.2, 0) is 20.9 Å². The fourth-order valence-electron chi connectivity index (χ4n) is 2.79. The van der Waals surface area contributed by atoms with E-state index in [-0.39, 0.29) is 12.5 Å². The van der Waals surface area contributed by atoms with E-state index in [1.54, 1.807) is 0 Å². The molecule has 2 aromatic carbocycles. The maximum atomic E-state index is 12.3. The maximum absolute atomic E-state index is 12.3. The molecule has 1 saturated heterocycles. The molecule has 1 aliphatic rings. The molecule has 1 fully saturated rings. The van der Waals surface area contributed by atoms with Crippen molar-refractivity contribution in [1.29, 1.82) is 0 Å². The van der Waals surface area contributed by atoms with Crippen LogP contribution in [0.25, 0.3) is 0 Å². The van der Waals surface area contributed by atoms with E-state index in [9.17, 15) is 4.79 Å². The molecule has 2 aromatic rings. The van der Waals surface area contributed by atoms with Gasteiger partial charge in [-0.3, -0.25) is 9.69 Å². The number of amides is 1. The largest absolute Gasteiger partial charge is 0.484 e. The van der Waals surface area contributed by atoms with Crippen molar-refractivity contribution in [2.24, 2.45) is 0 Å². The lowest BCUT2D eigenvalue weighted by Crippen LogP contribution is -2.49. The smallest absolute Gasteiger partial charge is 0.414 e. The number of piperazine rings is 1. The summed E-state index contributed by atoms with van der Waals surface area (Å²) in [6.07, 6.45) is 0. The molecular formula is C21H22Br2N2O6. The van der Waals surface area contributed by atoms with Crippen molar-refractivity contribution in [2.45, 2.75) is 6.54 Å². The molecule has 166 valence electrons. The predicted octanol–water partition coefficient (Wildman–Crippen LogP) is 3.09. The van der Waals surface area contributed by atoms with Crippen LogP contribution in [0.1, 0.15) is 5.56 Å². The summed E-state index contributed by atoms with van der Waals surface area (Å²) in [4.78, 5) is 34.8. The van der Waals surface area contributed by atoms with Crippen LogP contribution in [0.2, 0.25) is 0 Å². The fourth-order valence-corrected chi connectivity index (χ4v) is 3.46. The Labute approximate surface area is 196 Å². The minimum atomic E-state index is -1.82. The van der Waals surface area contributed by atoms with E-state index >= 15 is 0 Å². The van der Waals surface area contributed by atoms with Crippen molar-refractivity contribution < 1.29 is 29.3 Å². The van der Waals surface area contributed by atoms with Gasteiger partial charge in [-0.25, -0.2) is 9.59 Å². The van der Waals surface area contributed by atoms with Gasteiger partial charge in [-0.1, -0.05) is 50.1 Å². The van der Waals surface area contributed by atoms with Gasteiger partial charge in [-0.15, -0.1) is 0 Å². The first-order valence-electron chi connectivity index (χ1n) is 9.34. The third kappa shape index (κ3) is 8.68. The SMILES string of the molecule is O=C(COc1ccc(Br)cc1)N1CCN(Cc2ccccc2Br)CC1.O=C(O)C(=O)O. The number of carboxylic acids is 2. The number of rotatable bonds is 5. The van der Waals surface area contributed by atoms with Crippen LogP contribution < -0.4 is 4.74 Å². The summed E-state index contributed by atoms with van der Waals surface area (Å²) in [5, 5.41) is 14.8. The Morgan fingerprint density at radius 2 is 1.45 bits per heavy atom. The van der Waals surface area contributed by atoms with Crippen molar-refractivity contribution in [1.82, 2.24) is 9.80 Å². The summed E-state index contributed by atoms with van der Waals surface area (Å²) < 4.78 is 7.71. The Bertz CT molecular complexity index is 887. The van der Waals surface area contributed by atoms with E-state index < -0.39 is 11.9 Å². The molecular weight excluding hydrogens is 536 g/mol. The van der Waals surface area contributed by atoms with Gasteiger partial charge in [0, 0.05) is 41.7 Å². The molecule has 0 spiro atoms. The van der Waals surface area contributed by atoms with Crippen molar-refractivity contribution in [3.8, 4) is 5.75 Å². The van der Waals surface area contributed by atoms with Gasteiger partial charge in [-0.05, 0) is 35.9 Å². The maximum Gasteiger partial charge on any atom is 0.414 e. The lowest BCUT2D eigenvalue weighted by molar-refractivity contribution is -0.159. The monoisotopic (exact) mass is 556 g/mol. The molecule has 1 aliphatic heterocycles. The number of benzene rings is 2. The zero-order chi connectivity index (χ0) is 22.8. The van der Waals surface area contributed by atoms with E-state index in [1.807, 2.05) is 35.2 Å². The second-order valence-electron chi connectivity index (χ2n) is 6.60. The highest BCUT2D eigenvalue weighted by atomic mass is 79.9. The van der Waals surface area contributed by atoms with Gasteiger partial charge in [0.15, 0.2) is 6.61 Å². The summed E-state index contributed by atoms with van der Waals surface area (Å²) in [5.41, 5.74) is 1.28. The molecule has 1 heterocycles. The summed E-state index contributed by atoms with van der Waals surface area (Å²) in [7, 11) is 0. The lowest BCUT2D eigenvalue weighted by Gasteiger charge is -2.34. The van der Waals surface area contributed by atoms with Gasteiger partial charge in [0.1, 0.15) is 5.75 Å². The highest BCUT2D eigenvalue weighted by Gasteiger charge is 2.21. The number of halogens is 2. The molecule has 10 heteroatoms. The predicted molar refractivity (Wildman–Crippen MR) is 121 cm³/mol. The van der Waals surface area contributed by atoms with Crippen LogP contribution in [0.5, 0.6) is 5.75 Å². The van der Waals surface area contributed by atoms with Crippen molar-refractivity contribution in [3.63, 3.8) is 0 Å². The second-order valence-corrected chi connectivity index (χ2v) is 8.37. The van der Waals surface area contributed by atoms with Crippen LogP contribution in [0.4, 0.5) is 0 Å². The molecule has 0 unspecified atom stereocenters. The number of hydrogen-bond acceptors (Lipinski definition) is 5. The second kappa shape index (κ2) is 12.4. The number of carbonyl (C=O) groups is 3. The minimum Gasteiger partial charge on any atom is -0.484 e. The number of ether oxygens (including phenoxy) is 1. The molecule has 3 rings (SSSR count). The van der Waals surface area contributed by atoms with Crippen LogP contribution in [-0.4, -0.2) is 70.6 Å². The van der Waals surface area contributed by atoms with Crippen LogP contribution in [0.3, 0.4) is 0 Å². The Hall–Kier alpha value is -2.43. The Balaban J connectivity index is 0.000000501. The third-order valence-electron chi connectivity index (χ3n) is 4.44. The Kier molecular flexibility index (Phi) is 9.96. The van der Waals surface area contributed by atoms with Crippen molar-refractivity contribution in [2.75, 3.05) is 32.8 Å². The van der Waals surface area contributed by atoms with Crippen LogP contribution in [0, 0.1) is 0 Å². The van der Waals surface area contributed by atoms with Crippen molar-refractivity contribution >= 4 is 49.7 Å². The van der Waals surface area contributed by atoms with E-state index in [1.165, 1.54) is 5.56 Å². The van der Waals surface area contributed by atoms with Crippen molar-refractivity contribution in [3.05, 3.63) is 63.0 Å². The highest BCUT2D eigenvalue weighted by molar-refractivity contribution is 9.10. The topological polar surface area (TPSA) is 107 Å². The number of hydrogen-bond donors (Lipinski definition) is 2. The van der Waals surface area contributed by atoms with Crippen LogP contribution in [0.15, 0.2) is 57.5 Å². The molecule has 2 N–H and O–H groups in total. The molecule has 0 aromatic heterocycles. The quantitative estimate of drug-likeness (QED) is 0.544. The Morgan fingerprint density at radius 3 is 2.00 bits per heavy atom.